The van der Waals surface area contributed by atoms with Crippen molar-refractivity contribution in [1.82, 2.24) is 4.90 Å². The molecule has 2 nitrogen and oxygen atoms in total. The van der Waals surface area contributed by atoms with Crippen molar-refractivity contribution in [2.24, 2.45) is 11.8 Å². The second-order valence-corrected chi connectivity index (χ2v) is 4.71. The maximum Gasteiger partial charge on any atom is 0.160 e. The molecule has 1 aromatic carbocycles. The van der Waals surface area contributed by atoms with Crippen LogP contribution in [0.5, 0.6) is 0 Å². The molecule has 1 heterocycles. The van der Waals surface area contributed by atoms with Gasteiger partial charge in [-0.15, -0.1) is 0 Å². The number of hydrogen-bond acceptors (Lipinski definition) is 2. The van der Waals surface area contributed by atoms with Crippen LogP contribution < -0.4 is 0 Å². The van der Waals surface area contributed by atoms with Gasteiger partial charge in [0.1, 0.15) is 0 Å². The predicted molar refractivity (Wildman–Crippen MR) is 62.8 cm³/mol. The van der Waals surface area contributed by atoms with Gasteiger partial charge in [-0.1, -0.05) is 36.4 Å². The molecule has 0 spiro atoms. The van der Waals surface area contributed by atoms with Crippen molar-refractivity contribution >= 4 is 5.78 Å². The smallest absolute Gasteiger partial charge is 0.160 e. The number of likely N-dealkylation sites (tertiary alicyclic amines) is 1. The minimum absolute atomic E-state index is 0.240. The lowest BCUT2D eigenvalue weighted by Gasteiger charge is -2.15. The Kier molecular flexibility index (Phi) is 2.37. The Labute approximate surface area is 95.6 Å². The van der Waals surface area contributed by atoms with Gasteiger partial charge >= 0.3 is 0 Å². The van der Waals surface area contributed by atoms with Crippen LogP contribution in [0.4, 0.5) is 0 Å². The van der Waals surface area contributed by atoms with Crippen molar-refractivity contribution < 1.29 is 4.79 Å². The maximum atomic E-state index is 11.5. The summed E-state index contributed by atoms with van der Waals surface area (Å²) >= 11 is 0. The molecule has 2 heteroatoms. The number of benzene rings is 1. The van der Waals surface area contributed by atoms with E-state index in [9.17, 15) is 4.79 Å². The molecule has 1 aliphatic heterocycles. The van der Waals surface area contributed by atoms with E-state index in [1.54, 1.807) is 6.08 Å². The van der Waals surface area contributed by atoms with Crippen LogP contribution in [0.2, 0.25) is 0 Å². The van der Waals surface area contributed by atoms with E-state index >= 15 is 0 Å². The molecule has 1 aromatic rings. The first-order chi connectivity index (χ1) is 7.83. The fourth-order valence-corrected chi connectivity index (χ4v) is 2.72. The normalized spacial score (nSPS) is 28.6. The molecule has 1 saturated heterocycles. The van der Waals surface area contributed by atoms with Gasteiger partial charge in [-0.05, 0) is 11.6 Å². The van der Waals surface area contributed by atoms with Gasteiger partial charge < -0.3 is 0 Å². The number of rotatable bonds is 2. The summed E-state index contributed by atoms with van der Waals surface area (Å²) in [5.41, 5.74) is 1.33. The van der Waals surface area contributed by atoms with E-state index in [-0.39, 0.29) is 5.92 Å². The molecule has 0 amide bonds. The van der Waals surface area contributed by atoms with Crippen LogP contribution in [0.1, 0.15) is 5.56 Å². The average molecular weight is 213 g/mol. The molecular weight excluding hydrogens is 198 g/mol. The Morgan fingerprint density at radius 3 is 2.75 bits per heavy atom. The Bertz CT molecular complexity index is 424. The standard InChI is InChI=1S/C14H15NO/c16-14-7-6-12-9-15(10-13(12)14)8-11-4-2-1-3-5-11/h1-7,12-13H,8-10H2/t12-,13+/m1/s1. The highest BCUT2D eigenvalue weighted by atomic mass is 16.1. The quantitative estimate of drug-likeness (QED) is 0.747. The van der Waals surface area contributed by atoms with Crippen LogP contribution in [0.3, 0.4) is 0 Å². The zero-order valence-corrected chi connectivity index (χ0v) is 9.17. The molecule has 0 saturated carbocycles. The van der Waals surface area contributed by atoms with Gasteiger partial charge in [0, 0.05) is 31.5 Å². The third-order valence-corrected chi connectivity index (χ3v) is 3.56. The summed E-state index contributed by atoms with van der Waals surface area (Å²) in [6, 6.07) is 10.5. The average Bonchev–Trinajstić information content (AvgIpc) is 2.83. The highest BCUT2D eigenvalue weighted by Crippen LogP contribution is 2.31. The number of hydrogen-bond donors (Lipinski definition) is 0. The molecule has 3 rings (SSSR count). The minimum atomic E-state index is 0.240. The van der Waals surface area contributed by atoms with Gasteiger partial charge in [0.2, 0.25) is 0 Å². The van der Waals surface area contributed by atoms with Gasteiger partial charge in [0.25, 0.3) is 0 Å². The van der Waals surface area contributed by atoms with Gasteiger partial charge in [0.15, 0.2) is 5.78 Å². The van der Waals surface area contributed by atoms with E-state index in [1.165, 1.54) is 5.56 Å². The second-order valence-electron chi connectivity index (χ2n) is 4.71. The molecule has 0 aromatic heterocycles. The Morgan fingerprint density at radius 2 is 2.00 bits per heavy atom. The SMILES string of the molecule is O=C1C=C[C@@H]2CN(Cc3ccccc3)C[C@H]12. The predicted octanol–water partition coefficient (Wildman–Crippen LogP) is 1.87. The Balaban J connectivity index is 1.67. The number of carbonyl (C=O) groups is 1. The number of carbonyl (C=O) groups excluding carboxylic acids is 1. The second kappa shape index (κ2) is 3.87. The van der Waals surface area contributed by atoms with E-state index in [4.69, 9.17) is 0 Å². The Hall–Kier alpha value is -1.41. The fraction of sp³-hybridized carbons (Fsp3) is 0.357. The van der Waals surface area contributed by atoms with Crippen LogP contribution in [-0.4, -0.2) is 23.8 Å². The molecule has 0 radical (unpaired) electrons. The summed E-state index contributed by atoms with van der Waals surface area (Å²) in [7, 11) is 0. The molecule has 16 heavy (non-hydrogen) atoms. The zero-order chi connectivity index (χ0) is 11.0. The molecule has 2 atom stereocenters. The molecule has 1 aliphatic carbocycles. The highest BCUT2D eigenvalue weighted by molar-refractivity contribution is 5.95. The summed E-state index contributed by atoms with van der Waals surface area (Å²) in [4.78, 5) is 13.9. The van der Waals surface area contributed by atoms with Crippen molar-refractivity contribution in [1.29, 1.82) is 0 Å². The summed E-state index contributed by atoms with van der Waals surface area (Å²) in [5, 5.41) is 0. The van der Waals surface area contributed by atoms with Crippen LogP contribution in [-0.2, 0) is 11.3 Å². The molecule has 1 fully saturated rings. The highest BCUT2D eigenvalue weighted by Gasteiger charge is 2.38. The zero-order valence-electron chi connectivity index (χ0n) is 9.17. The molecule has 0 bridgehead atoms. The minimum Gasteiger partial charge on any atom is -0.298 e. The third kappa shape index (κ3) is 1.69. The lowest BCUT2D eigenvalue weighted by Crippen LogP contribution is -2.22. The van der Waals surface area contributed by atoms with Crippen molar-refractivity contribution in [3.05, 3.63) is 48.0 Å². The number of fused-ring (bicyclic) bond motifs is 1. The Morgan fingerprint density at radius 1 is 1.19 bits per heavy atom. The van der Waals surface area contributed by atoms with Crippen molar-refractivity contribution in [3.8, 4) is 0 Å². The first-order valence-electron chi connectivity index (χ1n) is 5.81. The summed E-state index contributed by atoms with van der Waals surface area (Å²) < 4.78 is 0. The third-order valence-electron chi connectivity index (χ3n) is 3.56. The number of nitrogens with zero attached hydrogens (tertiary/aromatic N) is 1. The van der Waals surface area contributed by atoms with Crippen LogP contribution in [0, 0.1) is 11.8 Å². The summed E-state index contributed by atoms with van der Waals surface area (Å²) in [6.45, 7) is 2.92. The van der Waals surface area contributed by atoms with Crippen LogP contribution in [0.25, 0.3) is 0 Å². The first kappa shape index (κ1) is 9.79. The van der Waals surface area contributed by atoms with Gasteiger partial charge in [0.05, 0.1) is 0 Å². The van der Waals surface area contributed by atoms with E-state index < -0.39 is 0 Å². The lowest BCUT2D eigenvalue weighted by molar-refractivity contribution is -0.117. The van der Waals surface area contributed by atoms with Crippen molar-refractivity contribution in [3.63, 3.8) is 0 Å². The monoisotopic (exact) mass is 213 g/mol. The van der Waals surface area contributed by atoms with Crippen LogP contribution in [0.15, 0.2) is 42.5 Å². The first-order valence-corrected chi connectivity index (χ1v) is 5.81. The number of ketones is 1. The molecule has 82 valence electrons. The van der Waals surface area contributed by atoms with Crippen LogP contribution >= 0.6 is 0 Å². The largest absolute Gasteiger partial charge is 0.298 e. The van der Waals surface area contributed by atoms with Crippen molar-refractivity contribution in [2.75, 3.05) is 13.1 Å². The van der Waals surface area contributed by atoms with Gasteiger partial charge in [-0.3, -0.25) is 9.69 Å². The summed E-state index contributed by atoms with van der Waals surface area (Å²) in [6.07, 6.45) is 3.84. The molecular formula is C14H15NO. The molecule has 0 N–H and O–H groups in total. The van der Waals surface area contributed by atoms with E-state index in [0.717, 1.165) is 19.6 Å². The van der Waals surface area contributed by atoms with E-state index in [0.29, 0.717) is 11.7 Å². The van der Waals surface area contributed by atoms with E-state index in [2.05, 4.69) is 35.2 Å². The lowest BCUT2D eigenvalue weighted by atomic mass is 10.00. The maximum absolute atomic E-state index is 11.5. The molecule has 2 aliphatic rings. The van der Waals surface area contributed by atoms with Gasteiger partial charge in [-0.2, -0.15) is 0 Å². The summed E-state index contributed by atoms with van der Waals surface area (Å²) in [5.74, 6) is 1.03. The molecule has 0 unspecified atom stereocenters. The topological polar surface area (TPSA) is 20.3 Å². The van der Waals surface area contributed by atoms with Gasteiger partial charge in [-0.25, -0.2) is 0 Å². The van der Waals surface area contributed by atoms with Crippen molar-refractivity contribution in [2.45, 2.75) is 6.54 Å². The van der Waals surface area contributed by atoms with E-state index in [1.807, 2.05) is 6.07 Å². The fourth-order valence-electron chi connectivity index (χ4n) is 2.72. The number of allylic oxidation sites excluding steroid dienone is 1.